The number of allylic oxidation sites excluding steroid dienone is 4. The lowest BCUT2D eigenvalue weighted by atomic mass is 9.72. The first-order valence-corrected chi connectivity index (χ1v) is 8.07. The Labute approximate surface area is 116 Å². The van der Waals surface area contributed by atoms with E-state index in [4.69, 9.17) is 0 Å². The van der Waals surface area contributed by atoms with Crippen molar-refractivity contribution in [3.63, 3.8) is 0 Å². The van der Waals surface area contributed by atoms with Crippen molar-refractivity contribution in [2.75, 3.05) is 0 Å². The predicted octanol–water partition coefficient (Wildman–Crippen LogP) is 4.47. The second-order valence-corrected chi connectivity index (χ2v) is 7.39. The SMILES string of the molecule is N#C[C@@]1(CCC[C@H]2C[C@@H]3C=C[C@@H]2C3)C[C@H]2C=C[C@H]1C2. The van der Waals surface area contributed by atoms with Crippen LogP contribution in [0.25, 0.3) is 0 Å². The molecule has 0 amide bonds. The zero-order valence-electron chi connectivity index (χ0n) is 11.6. The molecule has 2 saturated carbocycles. The molecule has 0 radical (unpaired) electrons. The third-order valence-electron chi connectivity index (χ3n) is 6.35. The molecule has 4 bridgehead atoms. The minimum absolute atomic E-state index is 0.00682. The van der Waals surface area contributed by atoms with Crippen LogP contribution in [0.15, 0.2) is 24.3 Å². The highest BCUT2D eigenvalue weighted by Gasteiger charge is 2.48. The first kappa shape index (κ1) is 11.8. The maximum atomic E-state index is 9.64. The molecule has 4 aliphatic rings. The summed E-state index contributed by atoms with van der Waals surface area (Å²) in [6.07, 6.45) is 18.6. The monoisotopic (exact) mass is 253 g/mol. The number of fused-ring (bicyclic) bond motifs is 4. The lowest BCUT2D eigenvalue weighted by Gasteiger charge is -2.29. The zero-order chi connectivity index (χ0) is 12.9. The van der Waals surface area contributed by atoms with Gasteiger partial charge in [0.2, 0.25) is 0 Å². The van der Waals surface area contributed by atoms with Crippen LogP contribution >= 0.6 is 0 Å². The van der Waals surface area contributed by atoms with Gasteiger partial charge in [-0.15, -0.1) is 0 Å². The van der Waals surface area contributed by atoms with Gasteiger partial charge in [0, 0.05) is 0 Å². The maximum absolute atomic E-state index is 9.64. The minimum Gasteiger partial charge on any atom is -0.198 e. The lowest BCUT2D eigenvalue weighted by molar-refractivity contribution is 0.273. The molecule has 0 saturated heterocycles. The minimum atomic E-state index is 0.00682. The number of hydrogen-bond donors (Lipinski definition) is 0. The summed E-state index contributed by atoms with van der Waals surface area (Å²) in [7, 11) is 0. The molecule has 1 heteroatoms. The maximum Gasteiger partial charge on any atom is 0.0696 e. The Kier molecular flexibility index (Phi) is 2.62. The molecule has 0 N–H and O–H groups in total. The van der Waals surface area contributed by atoms with Crippen molar-refractivity contribution in [1.82, 2.24) is 0 Å². The van der Waals surface area contributed by atoms with E-state index in [9.17, 15) is 5.26 Å². The Morgan fingerprint density at radius 2 is 1.95 bits per heavy atom. The quantitative estimate of drug-likeness (QED) is 0.678. The van der Waals surface area contributed by atoms with E-state index in [1.165, 1.54) is 32.1 Å². The van der Waals surface area contributed by atoms with Crippen LogP contribution in [-0.2, 0) is 0 Å². The average Bonchev–Trinajstić information content (AvgIpc) is 3.18. The molecular weight excluding hydrogens is 230 g/mol. The average molecular weight is 253 g/mol. The van der Waals surface area contributed by atoms with Gasteiger partial charge >= 0.3 is 0 Å². The number of nitrogens with zero attached hydrogens (tertiary/aromatic N) is 1. The highest BCUT2D eigenvalue weighted by Crippen LogP contribution is 2.55. The van der Waals surface area contributed by atoms with E-state index in [0.29, 0.717) is 5.92 Å². The van der Waals surface area contributed by atoms with Crippen LogP contribution in [0, 0.1) is 46.3 Å². The van der Waals surface area contributed by atoms with Gasteiger partial charge in [-0.25, -0.2) is 0 Å². The largest absolute Gasteiger partial charge is 0.198 e. The van der Waals surface area contributed by atoms with Gasteiger partial charge in [-0.1, -0.05) is 30.7 Å². The summed E-state index contributed by atoms with van der Waals surface area (Å²) >= 11 is 0. The van der Waals surface area contributed by atoms with Gasteiger partial charge in [-0.2, -0.15) is 5.26 Å². The summed E-state index contributed by atoms with van der Waals surface area (Å²) in [6.45, 7) is 0. The summed E-state index contributed by atoms with van der Waals surface area (Å²) in [6, 6.07) is 2.70. The van der Waals surface area contributed by atoms with Crippen LogP contribution < -0.4 is 0 Å². The van der Waals surface area contributed by atoms with Crippen LogP contribution in [0.1, 0.15) is 44.9 Å². The molecule has 0 spiro atoms. The van der Waals surface area contributed by atoms with E-state index in [2.05, 4.69) is 30.4 Å². The van der Waals surface area contributed by atoms with Crippen LogP contribution in [0.4, 0.5) is 0 Å². The summed E-state index contributed by atoms with van der Waals surface area (Å²) in [5, 5.41) is 9.64. The van der Waals surface area contributed by atoms with Crippen molar-refractivity contribution in [2.24, 2.45) is 35.0 Å². The lowest BCUT2D eigenvalue weighted by Crippen LogP contribution is -2.24. The molecular formula is C18H23N. The second kappa shape index (κ2) is 4.23. The van der Waals surface area contributed by atoms with Crippen molar-refractivity contribution in [1.29, 1.82) is 5.26 Å². The normalized spacial score (nSPS) is 49.1. The van der Waals surface area contributed by atoms with Gasteiger partial charge in [0.25, 0.3) is 0 Å². The molecule has 4 rings (SSSR count). The molecule has 1 nitrogen and oxygen atoms in total. The van der Waals surface area contributed by atoms with Crippen LogP contribution in [0.3, 0.4) is 0 Å². The fraction of sp³-hybridized carbons (Fsp3) is 0.722. The molecule has 6 atom stereocenters. The number of nitriles is 1. The molecule has 0 aliphatic heterocycles. The first-order valence-electron chi connectivity index (χ1n) is 8.07. The Hall–Kier alpha value is -1.03. The topological polar surface area (TPSA) is 23.8 Å². The van der Waals surface area contributed by atoms with Gasteiger partial charge in [0.05, 0.1) is 11.5 Å². The number of hydrogen-bond acceptors (Lipinski definition) is 1. The van der Waals surface area contributed by atoms with Crippen LogP contribution in [-0.4, -0.2) is 0 Å². The molecule has 0 aromatic rings. The Morgan fingerprint density at radius 3 is 2.53 bits per heavy atom. The van der Waals surface area contributed by atoms with E-state index in [-0.39, 0.29) is 5.41 Å². The van der Waals surface area contributed by atoms with E-state index in [1.807, 2.05) is 0 Å². The second-order valence-electron chi connectivity index (χ2n) is 7.39. The van der Waals surface area contributed by atoms with E-state index < -0.39 is 0 Å². The molecule has 0 unspecified atom stereocenters. The van der Waals surface area contributed by atoms with Gasteiger partial charge in [0.1, 0.15) is 0 Å². The molecule has 0 aromatic heterocycles. The summed E-state index contributed by atoms with van der Waals surface area (Å²) in [5.41, 5.74) is 0.00682. The fourth-order valence-corrected chi connectivity index (χ4v) is 5.33. The van der Waals surface area contributed by atoms with Gasteiger partial charge in [-0.05, 0) is 68.1 Å². The van der Waals surface area contributed by atoms with Crippen LogP contribution in [0.5, 0.6) is 0 Å². The number of rotatable bonds is 4. The molecule has 2 fully saturated rings. The predicted molar refractivity (Wildman–Crippen MR) is 76.1 cm³/mol. The summed E-state index contributed by atoms with van der Waals surface area (Å²) < 4.78 is 0. The van der Waals surface area contributed by atoms with E-state index in [0.717, 1.165) is 36.5 Å². The highest BCUT2D eigenvalue weighted by molar-refractivity contribution is 5.22. The zero-order valence-corrected chi connectivity index (χ0v) is 11.6. The fourth-order valence-electron chi connectivity index (χ4n) is 5.33. The smallest absolute Gasteiger partial charge is 0.0696 e. The Bertz CT molecular complexity index is 469. The van der Waals surface area contributed by atoms with Crippen molar-refractivity contribution >= 4 is 0 Å². The standard InChI is InChI=1S/C18H23N/c19-12-18(11-14-4-6-17(18)10-14)7-1-2-15-8-13-3-5-16(15)9-13/h3-6,13-17H,1-2,7-11H2/t13-,14-,15-,16+,17-,18+/m0/s1. The third-order valence-corrected chi connectivity index (χ3v) is 6.35. The van der Waals surface area contributed by atoms with Gasteiger partial charge < -0.3 is 0 Å². The van der Waals surface area contributed by atoms with Gasteiger partial charge in [-0.3, -0.25) is 0 Å². The van der Waals surface area contributed by atoms with Crippen molar-refractivity contribution in [3.05, 3.63) is 24.3 Å². The Morgan fingerprint density at radius 1 is 1.05 bits per heavy atom. The van der Waals surface area contributed by atoms with Crippen molar-refractivity contribution in [3.8, 4) is 6.07 Å². The molecule has 0 heterocycles. The highest BCUT2D eigenvalue weighted by atomic mass is 14.5. The van der Waals surface area contributed by atoms with Crippen molar-refractivity contribution < 1.29 is 0 Å². The van der Waals surface area contributed by atoms with E-state index >= 15 is 0 Å². The first-order chi connectivity index (χ1) is 9.29. The van der Waals surface area contributed by atoms with Gasteiger partial charge in [0.15, 0.2) is 0 Å². The molecule has 19 heavy (non-hydrogen) atoms. The molecule has 4 aliphatic carbocycles. The Balaban J connectivity index is 1.34. The molecule has 0 aromatic carbocycles. The molecule has 100 valence electrons. The summed E-state index contributed by atoms with van der Waals surface area (Å²) in [4.78, 5) is 0. The van der Waals surface area contributed by atoms with Crippen LogP contribution in [0.2, 0.25) is 0 Å². The summed E-state index contributed by atoms with van der Waals surface area (Å²) in [5.74, 6) is 3.99. The van der Waals surface area contributed by atoms with E-state index in [1.54, 1.807) is 0 Å². The van der Waals surface area contributed by atoms with Crippen molar-refractivity contribution in [2.45, 2.75) is 44.9 Å². The third kappa shape index (κ3) is 1.80.